The van der Waals surface area contributed by atoms with Gasteiger partial charge in [-0.25, -0.2) is 9.97 Å². The normalized spacial score (nSPS) is 11.8. The van der Waals surface area contributed by atoms with E-state index in [0.29, 0.717) is 17.6 Å². The molecular weight excluding hydrogens is 711 g/mol. The number of aromatic nitrogens is 5. The van der Waals surface area contributed by atoms with Crippen LogP contribution in [-0.2, 0) is 0 Å². The van der Waals surface area contributed by atoms with Gasteiger partial charge < -0.3 is 4.42 Å². The van der Waals surface area contributed by atoms with Crippen LogP contribution in [0.2, 0.25) is 0 Å². The van der Waals surface area contributed by atoms with Gasteiger partial charge in [0, 0.05) is 54.4 Å². The molecule has 58 heavy (non-hydrogen) atoms. The summed E-state index contributed by atoms with van der Waals surface area (Å²) in [7, 11) is 0. The SMILES string of the molecule is c1ccc(-c2nc(-c3ccc(-c4ccc5nc(-c6ccccc6)c6ccc7oc8ccccc8c7c6c5c4)cc3)nc(-n3c4ccccc4c4ccccc43)n2)cc1. The predicted octanol–water partition coefficient (Wildman–Crippen LogP) is 13.2. The van der Waals surface area contributed by atoms with Crippen molar-refractivity contribution in [2.75, 3.05) is 0 Å². The number of benzene rings is 8. The van der Waals surface area contributed by atoms with Gasteiger partial charge in [-0.05, 0) is 53.6 Å². The number of para-hydroxylation sites is 3. The largest absolute Gasteiger partial charge is 0.456 e. The molecule has 4 aromatic heterocycles. The number of fused-ring (bicyclic) bond motifs is 10. The van der Waals surface area contributed by atoms with Crippen LogP contribution < -0.4 is 0 Å². The number of hydrogen-bond acceptors (Lipinski definition) is 5. The summed E-state index contributed by atoms with van der Waals surface area (Å²) in [5, 5.41) is 7.82. The molecule has 12 aromatic rings. The minimum atomic E-state index is 0.576. The van der Waals surface area contributed by atoms with E-state index in [4.69, 9.17) is 24.4 Å². The topological polar surface area (TPSA) is 69.6 Å². The minimum absolute atomic E-state index is 0.576. The van der Waals surface area contributed by atoms with Crippen LogP contribution in [0.4, 0.5) is 0 Å². The first-order chi connectivity index (χ1) is 28.7. The molecule has 270 valence electrons. The number of hydrogen-bond donors (Lipinski definition) is 0. The zero-order chi connectivity index (χ0) is 38.2. The van der Waals surface area contributed by atoms with E-state index in [-0.39, 0.29) is 0 Å². The fourth-order valence-electron chi connectivity index (χ4n) is 8.56. The molecule has 6 heteroatoms. The van der Waals surface area contributed by atoms with Crippen LogP contribution in [0.25, 0.3) is 117 Å². The predicted molar refractivity (Wildman–Crippen MR) is 236 cm³/mol. The van der Waals surface area contributed by atoms with Gasteiger partial charge in [0.05, 0.1) is 22.2 Å². The summed E-state index contributed by atoms with van der Waals surface area (Å²) in [6, 6.07) is 65.0. The summed E-state index contributed by atoms with van der Waals surface area (Å²) in [6.07, 6.45) is 0. The van der Waals surface area contributed by atoms with E-state index in [1.807, 2.05) is 48.5 Å². The third-order valence-corrected chi connectivity index (χ3v) is 11.3. The van der Waals surface area contributed by atoms with Crippen LogP contribution in [0.3, 0.4) is 0 Å². The number of furan rings is 1. The maximum Gasteiger partial charge on any atom is 0.238 e. The molecule has 12 rings (SSSR count). The highest BCUT2D eigenvalue weighted by Crippen LogP contribution is 2.42. The van der Waals surface area contributed by atoms with Crippen molar-refractivity contribution < 1.29 is 4.42 Å². The molecule has 0 atom stereocenters. The van der Waals surface area contributed by atoms with Gasteiger partial charge in [0.2, 0.25) is 5.95 Å². The summed E-state index contributed by atoms with van der Waals surface area (Å²) in [5.74, 6) is 1.80. The molecule has 4 heterocycles. The van der Waals surface area contributed by atoms with E-state index in [9.17, 15) is 0 Å². The monoisotopic (exact) mass is 741 g/mol. The van der Waals surface area contributed by atoms with Crippen LogP contribution in [0.15, 0.2) is 192 Å². The maximum atomic E-state index is 6.40. The first-order valence-electron chi connectivity index (χ1n) is 19.4. The first kappa shape index (κ1) is 32.3. The fraction of sp³-hybridized carbons (Fsp3) is 0. The number of rotatable bonds is 5. The molecule has 0 aliphatic rings. The lowest BCUT2D eigenvalue weighted by molar-refractivity contribution is 0.669. The molecule has 0 aliphatic carbocycles. The van der Waals surface area contributed by atoms with Gasteiger partial charge in [0.15, 0.2) is 11.6 Å². The van der Waals surface area contributed by atoms with Gasteiger partial charge in [-0.2, -0.15) is 9.97 Å². The van der Waals surface area contributed by atoms with E-state index >= 15 is 0 Å². The second kappa shape index (κ2) is 12.8. The summed E-state index contributed by atoms with van der Waals surface area (Å²) >= 11 is 0. The van der Waals surface area contributed by atoms with Crippen molar-refractivity contribution in [3.63, 3.8) is 0 Å². The Labute approximate surface area is 332 Å². The standard InChI is InChI=1S/C52H31N5O/c1-3-13-33(14-4-1)49-40-28-30-46-48(39-19-9-12-22-45(39)58-46)47(40)41-31-36(27-29-42(41)53-49)32-23-25-35(26-24-32)51-54-50(34-15-5-2-6-16-34)55-52(56-51)57-43-20-10-7-17-37(43)38-18-8-11-21-44(38)57/h1-31H. The summed E-state index contributed by atoms with van der Waals surface area (Å²) in [6.45, 7) is 0. The molecule has 0 unspecified atom stereocenters. The summed E-state index contributed by atoms with van der Waals surface area (Å²) in [4.78, 5) is 20.6. The Balaban J connectivity index is 1.02. The smallest absolute Gasteiger partial charge is 0.238 e. The molecule has 0 aliphatic heterocycles. The average Bonchev–Trinajstić information content (AvgIpc) is 3.85. The second-order valence-electron chi connectivity index (χ2n) is 14.6. The Hall–Kier alpha value is -7.96. The zero-order valence-corrected chi connectivity index (χ0v) is 31.0. The molecule has 8 aromatic carbocycles. The lowest BCUT2D eigenvalue weighted by Crippen LogP contribution is -2.06. The van der Waals surface area contributed by atoms with Gasteiger partial charge in [0.1, 0.15) is 11.2 Å². The lowest BCUT2D eigenvalue weighted by Gasteiger charge is -2.13. The van der Waals surface area contributed by atoms with Crippen LogP contribution in [0.1, 0.15) is 0 Å². The Morgan fingerprint density at radius 1 is 0.345 bits per heavy atom. The molecule has 0 fully saturated rings. The highest BCUT2D eigenvalue weighted by atomic mass is 16.3. The van der Waals surface area contributed by atoms with E-state index in [2.05, 4.69) is 144 Å². The molecule has 0 radical (unpaired) electrons. The van der Waals surface area contributed by atoms with E-state index in [1.165, 1.54) is 0 Å². The second-order valence-corrected chi connectivity index (χ2v) is 14.6. The first-order valence-corrected chi connectivity index (χ1v) is 19.4. The van der Waals surface area contributed by atoms with Crippen molar-refractivity contribution in [3.05, 3.63) is 188 Å². The fourth-order valence-corrected chi connectivity index (χ4v) is 8.56. The van der Waals surface area contributed by atoms with Gasteiger partial charge >= 0.3 is 0 Å². The molecular formula is C52H31N5O. The van der Waals surface area contributed by atoms with Crippen molar-refractivity contribution in [1.82, 2.24) is 24.5 Å². The Morgan fingerprint density at radius 2 is 0.914 bits per heavy atom. The van der Waals surface area contributed by atoms with Crippen molar-refractivity contribution in [3.8, 4) is 51.1 Å². The van der Waals surface area contributed by atoms with Crippen LogP contribution in [0, 0.1) is 0 Å². The average molecular weight is 742 g/mol. The summed E-state index contributed by atoms with van der Waals surface area (Å²) < 4.78 is 8.54. The van der Waals surface area contributed by atoms with E-state index in [0.717, 1.165) is 98.9 Å². The van der Waals surface area contributed by atoms with E-state index in [1.54, 1.807) is 0 Å². The Bertz CT molecular complexity index is 3500. The van der Waals surface area contributed by atoms with Crippen molar-refractivity contribution >= 4 is 65.4 Å². The van der Waals surface area contributed by atoms with Crippen molar-refractivity contribution in [2.24, 2.45) is 0 Å². The zero-order valence-electron chi connectivity index (χ0n) is 31.0. The van der Waals surface area contributed by atoms with Crippen LogP contribution in [-0.4, -0.2) is 24.5 Å². The highest BCUT2D eigenvalue weighted by Gasteiger charge is 2.20. The minimum Gasteiger partial charge on any atom is -0.456 e. The van der Waals surface area contributed by atoms with Crippen molar-refractivity contribution in [1.29, 1.82) is 0 Å². The molecule has 0 saturated heterocycles. The Kier molecular flexibility index (Phi) is 7.13. The number of nitrogens with zero attached hydrogens (tertiary/aromatic N) is 5. The van der Waals surface area contributed by atoms with Gasteiger partial charge in [0.25, 0.3) is 0 Å². The van der Waals surface area contributed by atoms with Gasteiger partial charge in [-0.15, -0.1) is 0 Å². The third kappa shape index (κ3) is 5.05. The molecule has 0 N–H and O–H groups in total. The maximum absolute atomic E-state index is 6.40. The van der Waals surface area contributed by atoms with Crippen LogP contribution >= 0.6 is 0 Å². The Morgan fingerprint density at radius 3 is 1.62 bits per heavy atom. The lowest BCUT2D eigenvalue weighted by atomic mass is 9.94. The molecule has 0 amide bonds. The molecule has 0 saturated carbocycles. The van der Waals surface area contributed by atoms with E-state index < -0.39 is 0 Å². The van der Waals surface area contributed by atoms with Gasteiger partial charge in [-0.1, -0.05) is 146 Å². The van der Waals surface area contributed by atoms with Crippen molar-refractivity contribution in [2.45, 2.75) is 0 Å². The number of pyridine rings is 1. The van der Waals surface area contributed by atoms with Gasteiger partial charge in [-0.3, -0.25) is 4.57 Å². The highest BCUT2D eigenvalue weighted by molar-refractivity contribution is 6.28. The molecule has 6 nitrogen and oxygen atoms in total. The quantitative estimate of drug-likeness (QED) is 0.164. The molecule has 0 bridgehead atoms. The molecule has 0 spiro atoms. The third-order valence-electron chi connectivity index (χ3n) is 11.3. The van der Waals surface area contributed by atoms with Crippen LogP contribution in [0.5, 0.6) is 0 Å². The summed E-state index contributed by atoms with van der Waals surface area (Å²) in [5.41, 5.74) is 10.8.